The smallest absolute Gasteiger partial charge is 0.252 e. The summed E-state index contributed by atoms with van der Waals surface area (Å²) in [4.78, 5) is 7.71. The molecular weight excluding hydrogens is 922 g/mol. The number of benzene rings is 12. The predicted molar refractivity (Wildman–Crippen MR) is 321 cm³/mol. The van der Waals surface area contributed by atoms with Crippen LogP contribution in [0.5, 0.6) is 0 Å². The fourth-order valence-electron chi connectivity index (χ4n) is 12.9. The average Bonchev–Trinajstić information content (AvgIpc) is 3.52. The Hall–Kier alpha value is -9.42. The highest BCUT2D eigenvalue weighted by atomic mass is 28.3. The highest BCUT2D eigenvalue weighted by molar-refractivity contribution is 7.21. The summed E-state index contributed by atoms with van der Waals surface area (Å²) in [5, 5.41) is 7.86. The fourth-order valence-corrected chi connectivity index (χ4v) is 18.1. The molecule has 0 saturated carbocycles. The molecule has 0 N–H and O–H groups in total. The SMILES string of the molecule is c1ccc(-c2ccc3c(c2)[Si](c2ccccc2)(c2ccccc2)c2cc(-c4ccccc4)ccc2N3c2cc3c4c(c2)N(c2ccccc2)c2c(ccc5ccccc25)B4c2ccccc2N3c2ccccc2)cc1. The van der Waals surface area contributed by atoms with Gasteiger partial charge in [0.05, 0.1) is 5.69 Å². The van der Waals surface area contributed by atoms with Crippen molar-refractivity contribution in [3.8, 4) is 22.3 Å². The molecule has 0 spiro atoms. The highest BCUT2D eigenvalue weighted by Gasteiger charge is 2.50. The van der Waals surface area contributed by atoms with Gasteiger partial charge in [0.15, 0.2) is 8.07 Å². The Morgan fingerprint density at radius 1 is 0.280 bits per heavy atom. The molecule has 0 fully saturated rings. The molecule has 0 amide bonds. The van der Waals surface area contributed by atoms with Crippen molar-refractivity contribution in [2.75, 3.05) is 14.7 Å². The third-order valence-corrected chi connectivity index (χ3v) is 20.9. The Labute approximate surface area is 439 Å². The summed E-state index contributed by atoms with van der Waals surface area (Å²) in [5.74, 6) is 0. The van der Waals surface area contributed by atoms with Gasteiger partial charge in [-0.25, -0.2) is 0 Å². The minimum absolute atomic E-state index is 0.0289. The Bertz CT molecular complexity index is 4000. The van der Waals surface area contributed by atoms with E-state index in [0.717, 1.165) is 17.1 Å². The predicted octanol–water partition coefficient (Wildman–Crippen LogP) is 13.4. The van der Waals surface area contributed by atoms with Crippen LogP contribution < -0.4 is 51.8 Å². The lowest BCUT2D eigenvalue weighted by atomic mass is 9.33. The molecule has 350 valence electrons. The number of hydrogen-bond donors (Lipinski definition) is 0. The highest BCUT2D eigenvalue weighted by Crippen LogP contribution is 2.50. The van der Waals surface area contributed by atoms with Crippen LogP contribution in [0, 0.1) is 0 Å². The van der Waals surface area contributed by atoms with Gasteiger partial charge in [-0.05, 0) is 119 Å². The summed E-state index contributed by atoms with van der Waals surface area (Å²) >= 11 is 0. The molecule has 75 heavy (non-hydrogen) atoms. The average molecular weight is 970 g/mol. The van der Waals surface area contributed by atoms with Gasteiger partial charge in [0.2, 0.25) is 0 Å². The van der Waals surface area contributed by atoms with Crippen LogP contribution in [-0.2, 0) is 0 Å². The number of para-hydroxylation sites is 3. The topological polar surface area (TPSA) is 9.72 Å². The third kappa shape index (κ3) is 6.61. The monoisotopic (exact) mass is 969 g/mol. The zero-order valence-electron chi connectivity index (χ0n) is 41.1. The molecule has 0 aliphatic carbocycles. The first-order valence-corrected chi connectivity index (χ1v) is 28.0. The molecule has 3 aliphatic rings. The molecule has 0 aromatic heterocycles. The molecule has 3 nitrogen and oxygen atoms in total. The van der Waals surface area contributed by atoms with Crippen LogP contribution in [0.15, 0.2) is 291 Å². The maximum Gasteiger partial charge on any atom is 0.252 e. The molecular formula is C70H48BN3Si. The Morgan fingerprint density at radius 2 is 0.733 bits per heavy atom. The molecule has 0 unspecified atom stereocenters. The van der Waals surface area contributed by atoms with Crippen molar-refractivity contribution in [2.45, 2.75) is 0 Å². The van der Waals surface area contributed by atoms with E-state index in [1.54, 1.807) is 0 Å². The Balaban J connectivity index is 1.10. The summed E-state index contributed by atoms with van der Waals surface area (Å²) in [6.45, 7) is -0.0289. The van der Waals surface area contributed by atoms with E-state index in [1.807, 2.05) is 0 Å². The standard InChI is InChI=1S/C70H48BN3Si/c1-7-23-49(24-8-1)52-40-43-63-67(45-52)75(57-32-15-5-16-33-57,58-34-17-6-18-35-58)68-46-53(50-25-9-2-10-26-50)41-44-64(68)73(63)56-47-65-69-66(48-56)74(55-30-13-4-14-31-55)70-59-36-20-19-27-51(59)39-42-61(70)71(69)60-37-21-22-38-62(60)72(65)54-28-11-3-12-29-54/h1-48H. The lowest BCUT2D eigenvalue weighted by Gasteiger charge is -2.47. The van der Waals surface area contributed by atoms with E-state index in [0.29, 0.717) is 0 Å². The zero-order chi connectivity index (χ0) is 49.5. The zero-order valence-corrected chi connectivity index (χ0v) is 42.1. The molecule has 0 atom stereocenters. The summed E-state index contributed by atoms with van der Waals surface area (Å²) in [6, 6.07) is 109. The molecule has 15 rings (SSSR count). The Kier molecular flexibility index (Phi) is 10.0. The van der Waals surface area contributed by atoms with Gasteiger partial charge in [0.25, 0.3) is 6.71 Å². The first-order valence-electron chi connectivity index (χ1n) is 26.0. The number of rotatable bonds is 7. The van der Waals surface area contributed by atoms with Crippen LogP contribution in [0.4, 0.5) is 51.2 Å². The van der Waals surface area contributed by atoms with Crippen LogP contribution in [-0.4, -0.2) is 14.8 Å². The molecule has 0 saturated heterocycles. The van der Waals surface area contributed by atoms with Crippen LogP contribution in [0.2, 0.25) is 0 Å². The summed E-state index contributed by atoms with van der Waals surface area (Å²) in [5.41, 5.74) is 19.2. The minimum atomic E-state index is -3.15. The van der Waals surface area contributed by atoms with E-state index in [-0.39, 0.29) is 6.71 Å². The van der Waals surface area contributed by atoms with Crippen LogP contribution >= 0.6 is 0 Å². The van der Waals surface area contributed by atoms with E-state index in [9.17, 15) is 0 Å². The lowest BCUT2D eigenvalue weighted by Crippen LogP contribution is -2.77. The molecule has 3 aliphatic heterocycles. The van der Waals surface area contributed by atoms with Gasteiger partial charge >= 0.3 is 0 Å². The van der Waals surface area contributed by atoms with Crippen LogP contribution in [0.3, 0.4) is 0 Å². The number of fused-ring (bicyclic) bond motifs is 8. The molecule has 0 bridgehead atoms. The van der Waals surface area contributed by atoms with Gasteiger partial charge in [-0.15, -0.1) is 0 Å². The molecule has 5 heteroatoms. The second-order valence-corrected chi connectivity index (χ2v) is 23.7. The number of hydrogen-bond acceptors (Lipinski definition) is 3. The maximum absolute atomic E-state index is 3.15. The lowest BCUT2D eigenvalue weighted by molar-refractivity contribution is 1.23. The minimum Gasteiger partial charge on any atom is -0.311 e. The quantitative estimate of drug-likeness (QED) is 0.147. The van der Waals surface area contributed by atoms with Crippen LogP contribution in [0.25, 0.3) is 33.0 Å². The van der Waals surface area contributed by atoms with E-state index < -0.39 is 8.07 Å². The third-order valence-electron chi connectivity index (χ3n) is 16.0. The first kappa shape index (κ1) is 43.2. The largest absolute Gasteiger partial charge is 0.311 e. The maximum atomic E-state index is 2.61. The van der Waals surface area contributed by atoms with Crippen molar-refractivity contribution in [1.82, 2.24) is 0 Å². The summed E-state index contributed by atoms with van der Waals surface area (Å²) < 4.78 is 0. The second-order valence-electron chi connectivity index (χ2n) is 20.0. The van der Waals surface area contributed by atoms with Crippen LogP contribution in [0.1, 0.15) is 0 Å². The fraction of sp³-hybridized carbons (Fsp3) is 0. The normalized spacial score (nSPS) is 13.6. The summed E-state index contributed by atoms with van der Waals surface area (Å²) in [6.07, 6.45) is 0. The van der Waals surface area contributed by atoms with E-state index in [4.69, 9.17) is 0 Å². The van der Waals surface area contributed by atoms with Gasteiger partial charge in [0.1, 0.15) is 0 Å². The van der Waals surface area contributed by atoms with Crippen molar-refractivity contribution in [2.24, 2.45) is 0 Å². The van der Waals surface area contributed by atoms with E-state index in [1.165, 1.54) is 104 Å². The first-order chi connectivity index (χ1) is 37.2. The molecule has 12 aromatic rings. The summed E-state index contributed by atoms with van der Waals surface area (Å²) in [7, 11) is -3.15. The molecule has 3 heterocycles. The molecule has 12 aromatic carbocycles. The van der Waals surface area contributed by atoms with Gasteiger partial charge in [-0.1, -0.05) is 237 Å². The van der Waals surface area contributed by atoms with Gasteiger partial charge in [-0.2, -0.15) is 0 Å². The van der Waals surface area contributed by atoms with Gasteiger partial charge < -0.3 is 14.7 Å². The van der Waals surface area contributed by atoms with Gasteiger partial charge in [-0.3, -0.25) is 0 Å². The van der Waals surface area contributed by atoms with Crippen molar-refractivity contribution in [1.29, 1.82) is 0 Å². The van der Waals surface area contributed by atoms with Crippen molar-refractivity contribution >= 4 is 114 Å². The number of nitrogens with zero attached hydrogens (tertiary/aromatic N) is 3. The molecule has 0 radical (unpaired) electrons. The van der Waals surface area contributed by atoms with Crippen molar-refractivity contribution in [3.05, 3.63) is 291 Å². The number of anilines is 9. The van der Waals surface area contributed by atoms with E-state index in [2.05, 4.69) is 306 Å². The Morgan fingerprint density at radius 3 is 1.31 bits per heavy atom. The second kappa shape index (κ2) is 17.4. The van der Waals surface area contributed by atoms with Gasteiger partial charge in [0, 0.05) is 50.9 Å². The van der Waals surface area contributed by atoms with Crippen molar-refractivity contribution < 1.29 is 0 Å². The van der Waals surface area contributed by atoms with E-state index >= 15 is 0 Å². The van der Waals surface area contributed by atoms with Crippen molar-refractivity contribution in [3.63, 3.8) is 0 Å².